The van der Waals surface area contributed by atoms with E-state index in [1.807, 2.05) is 36.4 Å². The van der Waals surface area contributed by atoms with Crippen LogP contribution in [-0.4, -0.2) is 18.2 Å². The van der Waals surface area contributed by atoms with Gasteiger partial charge in [0.15, 0.2) is 0 Å². The van der Waals surface area contributed by atoms with E-state index in [9.17, 15) is 14.4 Å². The minimum Gasteiger partial charge on any atom is -0.211 e. The fraction of sp³-hybridized carbons (Fsp3) is 0.0870. The summed E-state index contributed by atoms with van der Waals surface area (Å²) < 4.78 is 0. The summed E-state index contributed by atoms with van der Waals surface area (Å²) >= 11 is 0. The molecule has 0 spiro atoms. The minimum atomic E-state index is -0.696. The van der Waals surface area contributed by atoms with Crippen LogP contribution in [0.5, 0.6) is 0 Å². The number of carbonyl (C=O) groups excluding carboxylic acids is 3. The van der Waals surface area contributed by atoms with Crippen molar-refractivity contribution < 1.29 is 14.4 Å². The van der Waals surface area contributed by atoms with Crippen molar-refractivity contribution in [3.8, 4) is 0 Å². The maximum atomic E-state index is 11.2. The van der Waals surface area contributed by atoms with E-state index in [1.54, 1.807) is 48.6 Å². The Hall–Kier alpha value is -4.20. The second-order valence-electron chi connectivity index (χ2n) is 6.09. The van der Waals surface area contributed by atoms with E-state index in [0.717, 1.165) is 16.7 Å². The molecule has 0 aliphatic heterocycles. The molecule has 0 heterocycles. The fourth-order valence-corrected chi connectivity index (χ4v) is 3.21. The van der Waals surface area contributed by atoms with Crippen molar-refractivity contribution >= 4 is 29.6 Å². The van der Waals surface area contributed by atoms with Crippen LogP contribution in [0.2, 0.25) is 0 Å². The van der Waals surface area contributed by atoms with Gasteiger partial charge in [-0.25, -0.2) is 14.4 Å². The lowest BCUT2D eigenvalue weighted by Gasteiger charge is -2.18. The lowest BCUT2D eigenvalue weighted by atomic mass is 9.90. The number of hydrogen-bond donors (Lipinski definition) is 0. The van der Waals surface area contributed by atoms with Crippen LogP contribution in [-0.2, 0) is 20.8 Å². The Morgan fingerprint density at radius 1 is 0.621 bits per heavy atom. The van der Waals surface area contributed by atoms with Gasteiger partial charge in [-0.1, -0.05) is 60.7 Å². The van der Waals surface area contributed by atoms with Crippen LogP contribution < -0.4 is 0 Å². The van der Waals surface area contributed by atoms with E-state index in [-0.39, 0.29) is 0 Å². The largest absolute Gasteiger partial charge is 0.240 e. The van der Waals surface area contributed by atoms with E-state index in [2.05, 4.69) is 15.0 Å². The third-order valence-electron chi connectivity index (χ3n) is 4.47. The van der Waals surface area contributed by atoms with Crippen molar-refractivity contribution in [2.45, 2.75) is 12.5 Å². The number of aliphatic imine (C=N–C) groups is 3. The molecule has 140 valence electrons. The Kier molecular flexibility index (Phi) is 6.51. The molecular formula is C23H15N3O3. The number of nitrogens with zero attached hydrogens (tertiary/aromatic N) is 3. The first-order valence-electron chi connectivity index (χ1n) is 8.76. The van der Waals surface area contributed by atoms with E-state index >= 15 is 0 Å². The molecule has 0 amide bonds. The summed E-state index contributed by atoms with van der Waals surface area (Å²) in [5, 5.41) is 0. The van der Waals surface area contributed by atoms with Gasteiger partial charge in [0.2, 0.25) is 18.2 Å². The highest BCUT2D eigenvalue weighted by molar-refractivity contribution is 5.59. The molecule has 29 heavy (non-hydrogen) atoms. The lowest BCUT2D eigenvalue weighted by molar-refractivity contribution is 0.560. The Morgan fingerprint density at radius 3 is 1.86 bits per heavy atom. The molecule has 0 saturated heterocycles. The summed E-state index contributed by atoms with van der Waals surface area (Å²) in [7, 11) is 0. The summed E-state index contributed by atoms with van der Waals surface area (Å²) in [6, 6.07) is 21.0. The lowest BCUT2D eigenvalue weighted by Crippen LogP contribution is -2.04. The predicted molar refractivity (Wildman–Crippen MR) is 108 cm³/mol. The molecule has 1 atom stereocenters. The van der Waals surface area contributed by atoms with E-state index in [0.29, 0.717) is 23.4 Å². The van der Waals surface area contributed by atoms with E-state index in [4.69, 9.17) is 0 Å². The third kappa shape index (κ3) is 4.56. The monoisotopic (exact) mass is 381 g/mol. The number of para-hydroxylation sites is 2. The van der Waals surface area contributed by atoms with Gasteiger partial charge in [0.05, 0.1) is 11.4 Å². The van der Waals surface area contributed by atoms with E-state index in [1.165, 1.54) is 6.08 Å². The predicted octanol–water partition coefficient (Wildman–Crippen LogP) is 4.64. The Balaban J connectivity index is 2.13. The molecule has 0 radical (unpaired) electrons. The summed E-state index contributed by atoms with van der Waals surface area (Å²) in [6.45, 7) is 0. The van der Waals surface area contributed by atoms with Crippen LogP contribution in [0.1, 0.15) is 28.3 Å². The summed E-state index contributed by atoms with van der Waals surface area (Å²) in [5.74, 6) is 0. The van der Waals surface area contributed by atoms with Crippen molar-refractivity contribution in [2.75, 3.05) is 0 Å². The maximum absolute atomic E-state index is 11.2. The molecule has 0 aliphatic carbocycles. The topological polar surface area (TPSA) is 88.3 Å². The first-order chi connectivity index (χ1) is 14.3. The summed E-state index contributed by atoms with van der Waals surface area (Å²) in [4.78, 5) is 44.2. The molecule has 0 fully saturated rings. The van der Waals surface area contributed by atoms with Crippen LogP contribution in [0.3, 0.4) is 0 Å². The Bertz CT molecular complexity index is 1170. The van der Waals surface area contributed by atoms with Gasteiger partial charge in [0.1, 0.15) is 6.04 Å². The summed E-state index contributed by atoms with van der Waals surface area (Å²) in [6.07, 6.45) is 5.19. The van der Waals surface area contributed by atoms with Gasteiger partial charge in [-0.05, 0) is 35.2 Å². The minimum absolute atomic E-state index is 0.382. The standard InChI is InChI=1S/C23H15N3O3/c27-14-24-21-11-5-2-8-18(21)13-17-7-1-3-9-19(17)23(26-16-29)20-10-4-6-12-22(20)25-15-28/h1-12,23H,13H2. The van der Waals surface area contributed by atoms with Gasteiger partial charge < -0.3 is 0 Å². The molecule has 0 aromatic heterocycles. The van der Waals surface area contributed by atoms with Crippen LogP contribution in [0.25, 0.3) is 0 Å². The Morgan fingerprint density at radius 2 is 1.17 bits per heavy atom. The number of benzene rings is 3. The number of isocyanates is 3. The smallest absolute Gasteiger partial charge is 0.211 e. The zero-order valence-electron chi connectivity index (χ0n) is 15.3. The highest BCUT2D eigenvalue weighted by atomic mass is 16.1. The maximum Gasteiger partial charge on any atom is 0.240 e. The second-order valence-corrected chi connectivity index (χ2v) is 6.09. The van der Waals surface area contributed by atoms with Crippen LogP contribution in [0.4, 0.5) is 11.4 Å². The van der Waals surface area contributed by atoms with Crippen molar-refractivity contribution in [2.24, 2.45) is 15.0 Å². The summed E-state index contributed by atoms with van der Waals surface area (Å²) in [5.41, 5.74) is 3.97. The van der Waals surface area contributed by atoms with Crippen molar-refractivity contribution in [1.82, 2.24) is 0 Å². The molecule has 3 aromatic carbocycles. The molecule has 0 N–H and O–H groups in total. The normalized spacial score (nSPS) is 10.8. The molecule has 0 saturated carbocycles. The van der Waals surface area contributed by atoms with Gasteiger partial charge in [0.25, 0.3) is 0 Å². The molecule has 1 unspecified atom stereocenters. The zero-order valence-corrected chi connectivity index (χ0v) is 15.3. The molecule has 6 nitrogen and oxygen atoms in total. The highest BCUT2D eigenvalue weighted by Gasteiger charge is 2.20. The van der Waals surface area contributed by atoms with Crippen LogP contribution in [0, 0.1) is 0 Å². The first-order valence-corrected chi connectivity index (χ1v) is 8.76. The third-order valence-corrected chi connectivity index (χ3v) is 4.47. The molecule has 0 aliphatic rings. The van der Waals surface area contributed by atoms with E-state index < -0.39 is 6.04 Å². The SMILES string of the molecule is O=C=Nc1ccccc1Cc1ccccc1C(N=C=O)c1ccccc1N=C=O. The highest BCUT2D eigenvalue weighted by Crippen LogP contribution is 2.35. The zero-order chi connectivity index (χ0) is 20.5. The van der Waals surface area contributed by atoms with Crippen LogP contribution >= 0.6 is 0 Å². The molecule has 3 aromatic rings. The van der Waals surface area contributed by atoms with Gasteiger partial charge in [-0.3, -0.25) is 0 Å². The average molecular weight is 381 g/mol. The van der Waals surface area contributed by atoms with Crippen molar-refractivity contribution in [3.63, 3.8) is 0 Å². The van der Waals surface area contributed by atoms with Crippen LogP contribution in [0.15, 0.2) is 87.8 Å². The van der Waals surface area contributed by atoms with Gasteiger partial charge in [0, 0.05) is 5.56 Å². The molecule has 6 heteroatoms. The fourth-order valence-electron chi connectivity index (χ4n) is 3.21. The molecule has 3 rings (SSSR count). The average Bonchev–Trinajstić information content (AvgIpc) is 2.75. The second kappa shape index (κ2) is 9.65. The molecule has 0 bridgehead atoms. The number of rotatable bonds is 7. The van der Waals surface area contributed by atoms with Crippen molar-refractivity contribution in [1.29, 1.82) is 0 Å². The van der Waals surface area contributed by atoms with Gasteiger partial charge >= 0.3 is 0 Å². The number of hydrogen-bond acceptors (Lipinski definition) is 6. The van der Waals surface area contributed by atoms with Gasteiger partial charge in [-0.2, -0.15) is 15.0 Å². The van der Waals surface area contributed by atoms with Crippen molar-refractivity contribution in [3.05, 3.63) is 95.1 Å². The van der Waals surface area contributed by atoms with Gasteiger partial charge in [-0.15, -0.1) is 0 Å². The Labute approximate surface area is 167 Å². The molecular weight excluding hydrogens is 366 g/mol. The quantitative estimate of drug-likeness (QED) is 0.441. The first kappa shape index (κ1) is 19.6.